The molecule has 1 aromatic heterocycles. The van der Waals surface area contributed by atoms with Crippen LogP contribution in [0.5, 0.6) is 0 Å². The minimum absolute atomic E-state index is 0.180. The molecule has 0 aliphatic carbocycles. The molecule has 0 spiro atoms. The third kappa shape index (κ3) is 2.87. The van der Waals surface area contributed by atoms with Crippen LogP contribution in [0.1, 0.15) is 5.76 Å². The average Bonchev–Trinajstić information content (AvgIpc) is 2.97. The summed E-state index contributed by atoms with van der Waals surface area (Å²) in [5.74, 6) is 1.20. The van der Waals surface area contributed by atoms with Gasteiger partial charge in [-0.25, -0.2) is 0 Å². The van der Waals surface area contributed by atoms with E-state index in [2.05, 4.69) is 21.2 Å². The number of nitrogens with one attached hydrogen (secondary N) is 1. The molecule has 0 saturated carbocycles. The molecule has 6 heteroatoms. The minimum atomic E-state index is -0.180. The molecule has 0 atom stereocenters. The first-order valence-corrected chi connectivity index (χ1v) is 7.74. The lowest BCUT2D eigenvalue weighted by molar-refractivity contribution is -0.115. The van der Waals surface area contributed by atoms with Gasteiger partial charge in [-0.2, -0.15) is 0 Å². The van der Waals surface area contributed by atoms with Gasteiger partial charge in [-0.3, -0.25) is 4.79 Å². The highest BCUT2D eigenvalue weighted by molar-refractivity contribution is 9.10. The maximum absolute atomic E-state index is 11.6. The van der Waals surface area contributed by atoms with Gasteiger partial charge in [0.05, 0.1) is 4.91 Å². The van der Waals surface area contributed by atoms with E-state index in [4.69, 9.17) is 16.6 Å². The first-order valence-electron chi connectivity index (χ1n) is 5.72. The number of amides is 1. The molecule has 20 heavy (non-hydrogen) atoms. The van der Waals surface area contributed by atoms with E-state index in [1.807, 2.05) is 36.4 Å². The zero-order chi connectivity index (χ0) is 14.1. The van der Waals surface area contributed by atoms with E-state index in [1.165, 1.54) is 11.8 Å². The Morgan fingerprint density at radius 3 is 2.85 bits per heavy atom. The highest BCUT2D eigenvalue weighted by Crippen LogP contribution is 2.29. The number of carbonyl (C=O) groups is 1. The van der Waals surface area contributed by atoms with E-state index in [9.17, 15) is 4.79 Å². The van der Waals surface area contributed by atoms with Gasteiger partial charge in [0.25, 0.3) is 5.91 Å². The molecule has 2 heterocycles. The molecule has 2 aromatic rings. The van der Waals surface area contributed by atoms with Crippen LogP contribution in [0.2, 0.25) is 0 Å². The second kappa shape index (κ2) is 5.55. The molecule has 0 unspecified atom stereocenters. The van der Waals surface area contributed by atoms with Crippen LogP contribution in [0.3, 0.4) is 0 Å². The summed E-state index contributed by atoms with van der Waals surface area (Å²) in [6.45, 7) is 0. The maximum Gasteiger partial charge on any atom is 0.263 e. The summed E-state index contributed by atoms with van der Waals surface area (Å²) in [5.41, 5.74) is 0.975. The zero-order valence-corrected chi connectivity index (χ0v) is 13.3. The number of benzene rings is 1. The number of furan rings is 1. The number of hydrogen-bond donors (Lipinski definition) is 1. The van der Waals surface area contributed by atoms with Crippen LogP contribution >= 0.6 is 39.9 Å². The summed E-state index contributed by atoms with van der Waals surface area (Å²) in [5, 5.41) is 2.57. The van der Waals surface area contributed by atoms with Gasteiger partial charge in [0.15, 0.2) is 0 Å². The van der Waals surface area contributed by atoms with Gasteiger partial charge >= 0.3 is 0 Å². The third-order valence-electron chi connectivity index (χ3n) is 2.65. The van der Waals surface area contributed by atoms with Gasteiger partial charge in [0.1, 0.15) is 15.8 Å². The quantitative estimate of drug-likeness (QED) is 0.639. The summed E-state index contributed by atoms with van der Waals surface area (Å²) in [6.07, 6.45) is 1.70. The molecule has 1 aliphatic heterocycles. The van der Waals surface area contributed by atoms with Gasteiger partial charge in [-0.05, 0) is 24.3 Å². The topological polar surface area (TPSA) is 42.2 Å². The van der Waals surface area contributed by atoms with Crippen molar-refractivity contribution < 1.29 is 9.21 Å². The van der Waals surface area contributed by atoms with Crippen molar-refractivity contribution in [1.82, 2.24) is 5.32 Å². The molecular weight excluding hydrogens is 358 g/mol. The molecule has 3 rings (SSSR count). The lowest BCUT2D eigenvalue weighted by atomic mass is 10.2. The molecule has 1 fully saturated rings. The molecule has 1 N–H and O–H groups in total. The largest absolute Gasteiger partial charge is 0.457 e. The zero-order valence-electron chi connectivity index (χ0n) is 10.1. The first kappa shape index (κ1) is 13.6. The standard InChI is InChI=1S/C14H8BrNO2S2/c15-9-3-1-2-8(6-9)11-5-4-10(18-11)7-12-13(17)16-14(19)20-12/h1-7H,(H,16,17,19)/b12-7-. The number of carbonyl (C=O) groups excluding carboxylic acids is 1. The van der Waals surface area contributed by atoms with Crippen molar-refractivity contribution in [2.24, 2.45) is 0 Å². The van der Waals surface area contributed by atoms with E-state index >= 15 is 0 Å². The first-order chi connectivity index (χ1) is 9.61. The fourth-order valence-corrected chi connectivity index (χ4v) is 3.20. The molecular formula is C14H8BrNO2S2. The summed E-state index contributed by atoms with van der Waals surface area (Å²) in [6, 6.07) is 11.5. The summed E-state index contributed by atoms with van der Waals surface area (Å²) in [7, 11) is 0. The second-order valence-electron chi connectivity index (χ2n) is 4.06. The van der Waals surface area contributed by atoms with Crippen molar-refractivity contribution >= 4 is 56.2 Å². The Bertz CT molecular complexity index is 736. The smallest absolute Gasteiger partial charge is 0.263 e. The number of rotatable bonds is 2. The molecule has 1 amide bonds. The van der Waals surface area contributed by atoms with E-state index in [1.54, 1.807) is 6.08 Å². The molecule has 3 nitrogen and oxygen atoms in total. The van der Waals surface area contributed by atoms with E-state index in [-0.39, 0.29) is 5.91 Å². The van der Waals surface area contributed by atoms with Crippen molar-refractivity contribution in [2.45, 2.75) is 0 Å². The van der Waals surface area contributed by atoms with E-state index in [0.717, 1.165) is 15.8 Å². The second-order valence-corrected chi connectivity index (χ2v) is 6.70. The lowest BCUT2D eigenvalue weighted by Crippen LogP contribution is -2.17. The molecule has 1 aromatic carbocycles. The van der Waals surface area contributed by atoms with Crippen LogP contribution in [-0.2, 0) is 4.79 Å². The Balaban J connectivity index is 1.89. The Morgan fingerprint density at radius 1 is 1.30 bits per heavy atom. The highest BCUT2D eigenvalue weighted by Gasteiger charge is 2.22. The van der Waals surface area contributed by atoms with Crippen LogP contribution in [-0.4, -0.2) is 10.2 Å². The maximum atomic E-state index is 11.6. The monoisotopic (exact) mass is 365 g/mol. The van der Waals surface area contributed by atoms with Gasteiger partial charge in [0, 0.05) is 16.1 Å². The van der Waals surface area contributed by atoms with Crippen LogP contribution < -0.4 is 5.32 Å². The molecule has 0 bridgehead atoms. The van der Waals surface area contributed by atoms with Crippen molar-refractivity contribution in [3.8, 4) is 11.3 Å². The van der Waals surface area contributed by atoms with Crippen molar-refractivity contribution in [2.75, 3.05) is 0 Å². The van der Waals surface area contributed by atoms with Gasteiger partial charge in [-0.15, -0.1) is 0 Å². The number of halogens is 1. The van der Waals surface area contributed by atoms with Crippen molar-refractivity contribution in [3.63, 3.8) is 0 Å². The number of thioether (sulfide) groups is 1. The molecule has 1 aliphatic rings. The fraction of sp³-hybridized carbons (Fsp3) is 0. The molecule has 100 valence electrons. The van der Waals surface area contributed by atoms with Crippen molar-refractivity contribution in [1.29, 1.82) is 0 Å². The summed E-state index contributed by atoms with van der Waals surface area (Å²) >= 11 is 9.61. The summed E-state index contributed by atoms with van der Waals surface area (Å²) < 4.78 is 7.20. The number of hydrogen-bond acceptors (Lipinski definition) is 4. The number of thiocarbonyl (C=S) groups is 1. The van der Waals surface area contributed by atoms with Crippen LogP contribution in [0.4, 0.5) is 0 Å². The Morgan fingerprint density at radius 2 is 2.15 bits per heavy atom. The normalized spacial score (nSPS) is 16.8. The van der Waals surface area contributed by atoms with Gasteiger partial charge in [-0.1, -0.05) is 52.0 Å². The average molecular weight is 366 g/mol. The van der Waals surface area contributed by atoms with Gasteiger partial charge in [0.2, 0.25) is 0 Å². The predicted octanol–water partition coefficient (Wildman–Crippen LogP) is 4.20. The highest BCUT2D eigenvalue weighted by atomic mass is 79.9. The van der Waals surface area contributed by atoms with Gasteiger partial charge < -0.3 is 9.73 Å². The predicted molar refractivity (Wildman–Crippen MR) is 88.2 cm³/mol. The van der Waals surface area contributed by atoms with Crippen molar-refractivity contribution in [3.05, 3.63) is 51.5 Å². The Hall–Kier alpha value is -1.37. The third-order valence-corrected chi connectivity index (χ3v) is 4.31. The lowest BCUT2D eigenvalue weighted by Gasteiger charge is -1.97. The van der Waals surface area contributed by atoms with E-state index < -0.39 is 0 Å². The van der Waals surface area contributed by atoms with Crippen LogP contribution in [0, 0.1) is 0 Å². The van der Waals surface area contributed by atoms with E-state index in [0.29, 0.717) is 15.0 Å². The molecule has 0 radical (unpaired) electrons. The molecule has 1 saturated heterocycles. The Labute approximate surface area is 133 Å². The summed E-state index contributed by atoms with van der Waals surface area (Å²) in [4.78, 5) is 12.1. The van der Waals surface area contributed by atoms with Crippen LogP contribution in [0.15, 0.2) is 50.2 Å². The minimum Gasteiger partial charge on any atom is -0.457 e. The fourth-order valence-electron chi connectivity index (χ4n) is 1.78. The SMILES string of the molecule is O=C1NC(=S)S/C1=C\c1ccc(-c2cccc(Br)c2)o1. The Kier molecular flexibility index (Phi) is 3.78. The van der Waals surface area contributed by atoms with Crippen LogP contribution in [0.25, 0.3) is 17.4 Å².